The number of likely N-dealkylation sites (N-methyl/N-ethyl adjacent to an activating group) is 1. The lowest BCUT2D eigenvalue weighted by atomic mass is 10.1. The number of likely N-dealkylation sites (tertiary alicyclic amines) is 1. The lowest BCUT2D eigenvalue weighted by Crippen LogP contribution is -2.43. The van der Waals surface area contributed by atoms with Crippen molar-refractivity contribution in [2.45, 2.75) is 25.8 Å². The first-order valence-electron chi connectivity index (χ1n) is 6.44. The van der Waals surface area contributed by atoms with Crippen molar-refractivity contribution in [1.29, 1.82) is 0 Å². The third-order valence-electron chi connectivity index (χ3n) is 3.20. The summed E-state index contributed by atoms with van der Waals surface area (Å²) in [5.41, 5.74) is 0.683. The fourth-order valence-corrected chi connectivity index (χ4v) is 2.16. The van der Waals surface area contributed by atoms with Crippen LogP contribution in [0.3, 0.4) is 0 Å². The first-order chi connectivity index (χ1) is 9.49. The van der Waals surface area contributed by atoms with Gasteiger partial charge >= 0.3 is 5.97 Å². The van der Waals surface area contributed by atoms with Crippen LogP contribution < -0.4 is 5.32 Å². The summed E-state index contributed by atoms with van der Waals surface area (Å²) in [6, 6.07) is 1.89. The fourth-order valence-electron chi connectivity index (χ4n) is 2.16. The molecule has 7 heteroatoms. The number of aromatic nitrogens is 2. The Morgan fingerprint density at radius 2 is 2.25 bits per heavy atom. The maximum Gasteiger partial charge on any atom is 0.376 e. The molecule has 1 aromatic heterocycles. The van der Waals surface area contributed by atoms with E-state index < -0.39 is 5.97 Å². The zero-order valence-electron chi connectivity index (χ0n) is 11.8. The van der Waals surface area contributed by atoms with E-state index in [1.807, 2.05) is 0 Å². The summed E-state index contributed by atoms with van der Waals surface area (Å²) in [4.78, 5) is 32.8. The number of piperidine rings is 1. The second-order valence-corrected chi connectivity index (χ2v) is 4.86. The molecule has 0 bridgehead atoms. The molecule has 1 N–H and O–H groups in total. The van der Waals surface area contributed by atoms with Gasteiger partial charge in [0.15, 0.2) is 0 Å². The Labute approximate surface area is 117 Å². The number of esters is 1. The van der Waals surface area contributed by atoms with Crippen LogP contribution in [0.5, 0.6) is 0 Å². The third-order valence-corrected chi connectivity index (χ3v) is 3.20. The molecular formula is C13H18N4O3. The summed E-state index contributed by atoms with van der Waals surface area (Å²) in [7, 11) is 3.07. The molecule has 0 spiro atoms. The highest BCUT2D eigenvalue weighted by Crippen LogP contribution is 2.15. The van der Waals surface area contributed by atoms with Crippen LogP contribution in [0.25, 0.3) is 0 Å². The van der Waals surface area contributed by atoms with Gasteiger partial charge in [0.25, 0.3) is 0 Å². The molecule has 1 aromatic rings. The van der Waals surface area contributed by atoms with Gasteiger partial charge in [0.1, 0.15) is 5.82 Å². The Kier molecular flexibility index (Phi) is 4.16. The van der Waals surface area contributed by atoms with Crippen LogP contribution >= 0.6 is 0 Å². The van der Waals surface area contributed by atoms with Gasteiger partial charge < -0.3 is 15.0 Å². The van der Waals surface area contributed by atoms with Gasteiger partial charge in [-0.15, -0.1) is 0 Å². The maximum atomic E-state index is 11.5. The molecule has 0 radical (unpaired) electrons. The summed E-state index contributed by atoms with van der Waals surface area (Å²) >= 11 is 0. The first-order valence-corrected chi connectivity index (χ1v) is 6.44. The fraction of sp³-hybridized carbons (Fsp3) is 0.538. The van der Waals surface area contributed by atoms with Crippen molar-refractivity contribution in [3.8, 4) is 0 Å². The van der Waals surface area contributed by atoms with Gasteiger partial charge in [-0.1, -0.05) is 0 Å². The largest absolute Gasteiger partial charge is 0.463 e. The second kappa shape index (κ2) is 5.85. The monoisotopic (exact) mass is 278 g/mol. The number of hydrogen-bond acceptors (Lipinski definition) is 6. The van der Waals surface area contributed by atoms with Crippen LogP contribution in [-0.4, -0.2) is 53.5 Å². The Morgan fingerprint density at radius 3 is 2.90 bits per heavy atom. The molecule has 1 unspecified atom stereocenters. The highest BCUT2D eigenvalue weighted by atomic mass is 16.5. The van der Waals surface area contributed by atoms with E-state index in [2.05, 4.69) is 20.0 Å². The molecule has 108 valence electrons. The van der Waals surface area contributed by atoms with Gasteiger partial charge in [0.05, 0.1) is 7.11 Å². The van der Waals surface area contributed by atoms with Crippen molar-refractivity contribution in [3.05, 3.63) is 17.6 Å². The molecule has 1 amide bonds. The summed E-state index contributed by atoms with van der Waals surface area (Å²) < 4.78 is 4.62. The topological polar surface area (TPSA) is 84.4 Å². The van der Waals surface area contributed by atoms with E-state index >= 15 is 0 Å². The molecule has 1 fully saturated rings. The standard InChI is InChI=1S/C13H18N4O3/c1-8-6-10(16-12(14-8)13(19)20-3)15-9-4-5-11(18)17(2)7-9/h6,9H,4-5,7H2,1-3H3,(H,14,15,16). The van der Waals surface area contributed by atoms with Crippen molar-refractivity contribution in [2.75, 3.05) is 26.0 Å². The van der Waals surface area contributed by atoms with Gasteiger partial charge in [-0.25, -0.2) is 14.8 Å². The van der Waals surface area contributed by atoms with E-state index in [4.69, 9.17) is 0 Å². The van der Waals surface area contributed by atoms with Crippen molar-refractivity contribution >= 4 is 17.7 Å². The lowest BCUT2D eigenvalue weighted by Gasteiger charge is -2.30. The average molecular weight is 278 g/mol. The van der Waals surface area contributed by atoms with E-state index in [-0.39, 0.29) is 17.8 Å². The number of rotatable bonds is 3. The van der Waals surface area contributed by atoms with Crippen LogP contribution in [0.2, 0.25) is 0 Å². The smallest absolute Gasteiger partial charge is 0.376 e. The molecule has 0 aliphatic carbocycles. The maximum absolute atomic E-state index is 11.5. The number of carbonyl (C=O) groups excluding carboxylic acids is 2. The number of aryl methyl sites for hydroxylation is 1. The number of anilines is 1. The van der Waals surface area contributed by atoms with E-state index in [1.54, 1.807) is 24.9 Å². The molecule has 7 nitrogen and oxygen atoms in total. The van der Waals surface area contributed by atoms with Crippen LogP contribution in [-0.2, 0) is 9.53 Å². The lowest BCUT2D eigenvalue weighted by molar-refractivity contribution is -0.132. The van der Waals surface area contributed by atoms with Gasteiger partial charge in [-0.3, -0.25) is 4.79 Å². The SMILES string of the molecule is COC(=O)c1nc(C)cc(NC2CCC(=O)N(C)C2)n1. The first kappa shape index (κ1) is 14.2. The summed E-state index contributed by atoms with van der Waals surface area (Å²) in [6.07, 6.45) is 1.27. The van der Waals surface area contributed by atoms with Crippen molar-refractivity contribution < 1.29 is 14.3 Å². The minimum Gasteiger partial charge on any atom is -0.463 e. The zero-order chi connectivity index (χ0) is 14.7. The third kappa shape index (κ3) is 3.23. The number of methoxy groups -OCH3 is 1. The van der Waals surface area contributed by atoms with Crippen LogP contribution in [0.15, 0.2) is 6.07 Å². The Morgan fingerprint density at radius 1 is 1.50 bits per heavy atom. The highest BCUT2D eigenvalue weighted by molar-refractivity contribution is 5.85. The average Bonchev–Trinajstić information content (AvgIpc) is 2.41. The molecule has 1 saturated heterocycles. The normalized spacial score (nSPS) is 18.9. The molecule has 2 rings (SSSR count). The molecule has 20 heavy (non-hydrogen) atoms. The van der Waals surface area contributed by atoms with E-state index in [0.717, 1.165) is 6.42 Å². The van der Waals surface area contributed by atoms with Gasteiger partial charge in [-0.05, 0) is 13.3 Å². The number of nitrogens with zero attached hydrogens (tertiary/aromatic N) is 3. The van der Waals surface area contributed by atoms with E-state index in [0.29, 0.717) is 24.5 Å². The Bertz CT molecular complexity index is 532. The quantitative estimate of drug-likeness (QED) is 0.815. The molecule has 2 heterocycles. The van der Waals surface area contributed by atoms with Gasteiger partial charge in [0, 0.05) is 37.8 Å². The molecule has 1 atom stereocenters. The molecule has 1 aliphatic rings. The molecular weight excluding hydrogens is 260 g/mol. The van der Waals surface area contributed by atoms with Crippen molar-refractivity contribution in [1.82, 2.24) is 14.9 Å². The predicted octanol–water partition coefficient (Wildman–Crippen LogP) is 0.604. The summed E-state index contributed by atoms with van der Waals surface area (Å²) in [6.45, 7) is 2.41. The predicted molar refractivity (Wildman–Crippen MR) is 72.4 cm³/mol. The van der Waals surface area contributed by atoms with Crippen LogP contribution in [0.1, 0.15) is 29.2 Å². The van der Waals surface area contributed by atoms with Gasteiger partial charge in [0.2, 0.25) is 11.7 Å². The number of ether oxygens (including phenoxy) is 1. The zero-order valence-corrected chi connectivity index (χ0v) is 11.8. The number of nitrogens with one attached hydrogen (secondary N) is 1. The summed E-state index contributed by atoms with van der Waals surface area (Å²) in [5, 5.41) is 3.24. The van der Waals surface area contributed by atoms with Crippen LogP contribution in [0, 0.1) is 6.92 Å². The van der Waals surface area contributed by atoms with Gasteiger partial charge in [-0.2, -0.15) is 0 Å². The Balaban J connectivity index is 2.11. The highest BCUT2D eigenvalue weighted by Gasteiger charge is 2.23. The van der Waals surface area contributed by atoms with E-state index in [1.165, 1.54) is 7.11 Å². The molecule has 1 aliphatic heterocycles. The van der Waals surface area contributed by atoms with Crippen LogP contribution in [0.4, 0.5) is 5.82 Å². The number of hydrogen-bond donors (Lipinski definition) is 1. The number of amides is 1. The summed E-state index contributed by atoms with van der Waals surface area (Å²) in [5.74, 6) is 0.200. The molecule has 0 aromatic carbocycles. The minimum absolute atomic E-state index is 0.0373. The molecule has 0 saturated carbocycles. The second-order valence-electron chi connectivity index (χ2n) is 4.86. The minimum atomic E-state index is -0.562. The van der Waals surface area contributed by atoms with Crippen molar-refractivity contribution in [3.63, 3.8) is 0 Å². The van der Waals surface area contributed by atoms with E-state index in [9.17, 15) is 9.59 Å². The number of carbonyl (C=O) groups is 2. The Hall–Kier alpha value is -2.18. The van der Waals surface area contributed by atoms with Crippen molar-refractivity contribution in [2.24, 2.45) is 0 Å².